The van der Waals surface area contributed by atoms with Crippen LogP contribution in [0.15, 0.2) is 10.7 Å². The van der Waals surface area contributed by atoms with Gasteiger partial charge in [0.2, 0.25) is 0 Å². The van der Waals surface area contributed by atoms with Crippen molar-refractivity contribution in [3.05, 3.63) is 6.33 Å². The van der Waals surface area contributed by atoms with E-state index in [-0.39, 0.29) is 0 Å². The molecule has 0 atom stereocenters. The summed E-state index contributed by atoms with van der Waals surface area (Å²) in [5.74, 6) is 0.423. The molecule has 5 nitrogen and oxygen atoms in total. The van der Waals surface area contributed by atoms with E-state index >= 15 is 0 Å². The van der Waals surface area contributed by atoms with Gasteiger partial charge in [-0.15, -0.1) is 0 Å². The smallest absolute Gasteiger partial charge is 0.328 e. The van der Waals surface area contributed by atoms with Crippen LogP contribution in [-0.2, 0) is 0 Å². The molecule has 5 heteroatoms. The van der Waals surface area contributed by atoms with Gasteiger partial charge in [-0.25, -0.2) is 4.98 Å². The molecule has 4 aromatic heterocycles. The highest BCUT2D eigenvalue weighted by Gasteiger charge is 2.11. The van der Waals surface area contributed by atoms with Crippen molar-refractivity contribution in [2.45, 2.75) is 0 Å². The number of imidazole rings is 1. The molecule has 0 aliphatic carbocycles. The molecule has 4 rings (SSSR count). The van der Waals surface area contributed by atoms with Crippen molar-refractivity contribution in [1.82, 2.24) is 19.9 Å². The molecule has 0 unspecified atom stereocenters. The minimum absolute atomic E-state index is 0.423. The van der Waals surface area contributed by atoms with Gasteiger partial charge < -0.3 is 9.40 Å². The Morgan fingerprint density at radius 3 is 3.10 bits per heavy atom. The normalized spacial score (nSPS) is 12.0. The van der Waals surface area contributed by atoms with E-state index in [1.165, 1.54) is 0 Å². The lowest BCUT2D eigenvalue weighted by atomic mass is 10.5. The Labute approximate surface area is 54.4 Å². The van der Waals surface area contributed by atoms with Crippen LogP contribution in [0.5, 0.6) is 0 Å². The molecule has 10 heavy (non-hydrogen) atoms. The summed E-state index contributed by atoms with van der Waals surface area (Å²) in [5.41, 5.74) is 2.02. The maximum Gasteiger partial charge on any atom is 0.328 e. The zero-order chi connectivity index (χ0) is 6.55. The Hall–Kier alpha value is -1.65. The number of hydrogen-bond acceptors (Lipinski definition) is 4. The van der Waals surface area contributed by atoms with E-state index in [1.54, 1.807) is 6.33 Å². The van der Waals surface area contributed by atoms with Gasteiger partial charge >= 0.3 is 5.84 Å². The van der Waals surface area contributed by atoms with Gasteiger partial charge in [0, 0.05) is 0 Å². The predicted molar refractivity (Wildman–Crippen MR) is 32.6 cm³/mol. The first-order valence-electron chi connectivity index (χ1n) is 2.82. The summed E-state index contributed by atoms with van der Waals surface area (Å²) in [6.45, 7) is 0. The third-order valence-electron chi connectivity index (χ3n) is 1.41. The number of nitrogens with one attached hydrogen (secondary N) is 1. The fourth-order valence-electron chi connectivity index (χ4n) is 0.954. The summed E-state index contributed by atoms with van der Waals surface area (Å²) < 4.78 is 4.98. The van der Waals surface area contributed by atoms with Gasteiger partial charge in [-0.2, -0.15) is 9.97 Å². The molecule has 0 aliphatic rings. The molecule has 4 aromatic rings. The highest BCUT2D eigenvalue weighted by molar-refractivity contribution is 5.86. The molecule has 0 spiro atoms. The van der Waals surface area contributed by atoms with Crippen LogP contribution in [0.3, 0.4) is 0 Å². The van der Waals surface area contributed by atoms with Crippen molar-refractivity contribution < 1.29 is 4.42 Å². The quantitative estimate of drug-likeness (QED) is 0.487. The molecule has 0 fully saturated rings. The molecule has 1 N–H and O–H groups in total. The zero-order valence-electron chi connectivity index (χ0n) is 4.83. The average molecular weight is 134 g/mol. The number of aromatic amines is 1. The first-order valence-corrected chi connectivity index (χ1v) is 2.82. The fourth-order valence-corrected chi connectivity index (χ4v) is 0.954. The molecule has 0 amide bonds. The summed E-state index contributed by atoms with van der Waals surface area (Å²) in [6.07, 6.45) is 1.57. The Morgan fingerprint density at radius 2 is 2.30 bits per heavy atom. The predicted octanol–water partition coefficient (Wildman–Crippen LogP) is 0.537. The topological polar surface area (TPSA) is 67.6 Å². The molecule has 0 aliphatic heterocycles. The van der Waals surface area contributed by atoms with E-state index in [2.05, 4.69) is 19.9 Å². The molecule has 4 heterocycles. The fraction of sp³-hybridized carbons (Fsp3) is 0. The SMILES string of the molecule is c1nc2c(nc3nc2o3)[nH]1. The molecule has 0 radical (unpaired) electrons. The van der Waals surface area contributed by atoms with Gasteiger partial charge in [0.15, 0.2) is 11.2 Å². The van der Waals surface area contributed by atoms with Gasteiger partial charge in [0.25, 0.3) is 5.71 Å². The standard InChI is InChI=1S/C5H2N4O/c1-6-2-3(7-1)8-5-9-4(2)10-5/h1H,(H,6,7,8,9). The largest absolute Gasteiger partial charge is 0.402 e. The molecule has 0 saturated heterocycles. The average Bonchev–Trinajstić information content (AvgIpc) is 2.29. The number of rotatable bonds is 0. The van der Waals surface area contributed by atoms with E-state index in [1.807, 2.05) is 0 Å². The van der Waals surface area contributed by atoms with Gasteiger partial charge in [0.1, 0.15) is 0 Å². The molecular formula is C5H2N4O. The number of aromatic nitrogens is 4. The van der Waals surface area contributed by atoms with Crippen molar-refractivity contribution in [1.29, 1.82) is 0 Å². The number of nitrogens with zero attached hydrogens (tertiary/aromatic N) is 3. The van der Waals surface area contributed by atoms with E-state index < -0.39 is 0 Å². The highest BCUT2D eigenvalue weighted by atomic mass is 16.4. The van der Waals surface area contributed by atoms with E-state index in [9.17, 15) is 0 Å². The van der Waals surface area contributed by atoms with Crippen LogP contribution >= 0.6 is 0 Å². The Balaban J connectivity index is 2.76. The van der Waals surface area contributed by atoms with E-state index in [4.69, 9.17) is 4.42 Å². The Kier molecular flexibility index (Phi) is 0.467. The second kappa shape index (κ2) is 1.11. The van der Waals surface area contributed by atoms with Gasteiger partial charge in [0.05, 0.1) is 6.33 Å². The first kappa shape index (κ1) is 4.21. The molecule has 48 valence electrons. The van der Waals surface area contributed by atoms with Crippen LogP contribution in [0, 0.1) is 0 Å². The molecule has 0 aromatic carbocycles. The van der Waals surface area contributed by atoms with Crippen molar-refractivity contribution in [3.8, 4) is 0 Å². The van der Waals surface area contributed by atoms with Crippen molar-refractivity contribution in [2.24, 2.45) is 0 Å². The first-order chi connectivity index (χ1) is 4.93. The van der Waals surface area contributed by atoms with E-state index in [0.717, 1.165) is 5.65 Å². The highest BCUT2D eigenvalue weighted by Crippen LogP contribution is 2.18. The summed E-state index contributed by atoms with van der Waals surface area (Å²) in [6, 6.07) is 0. The molecule has 2 bridgehead atoms. The van der Waals surface area contributed by atoms with Crippen LogP contribution in [-0.4, -0.2) is 19.9 Å². The van der Waals surface area contributed by atoms with Crippen LogP contribution in [0.2, 0.25) is 0 Å². The molecule has 0 saturated carbocycles. The lowest BCUT2D eigenvalue weighted by molar-refractivity contribution is 0.567. The molecular weight excluding hydrogens is 132 g/mol. The second-order valence-electron chi connectivity index (χ2n) is 2.01. The third kappa shape index (κ3) is 0.307. The summed E-state index contributed by atoms with van der Waals surface area (Å²) in [4.78, 5) is 14.7. The summed E-state index contributed by atoms with van der Waals surface area (Å²) >= 11 is 0. The Bertz CT molecular complexity index is 452. The maximum atomic E-state index is 4.98. The number of H-pyrrole nitrogens is 1. The third-order valence-corrected chi connectivity index (χ3v) is 1.41. The second-order valence-corrected chi connectivity index (χ2v) is 2.01. The maximum absolute atomic E-state index is 4.98. The number of hydrogen-bond donors (Lipinski definition) is 1. The van der Waals surface area contributed by atoms with Gasteiger partial charge in [-0.3, -0.25) is 0 Å². The van der Waals surface area contributed by atoms with Crippen LogP contribution in [0.4, 0.5) is 0 Å². The van der Waals surface area contributed by atoms with Crippen LogP contribution in [0.25, 0.3) is 22.7 Å². The summed E-state index contributed by atoms with van der Waals surface area (Å²) in [7, 11) is 0. The van der Waals surface area contributed by atoms with Crippen molar-refractivity contribution in [2.75, 3.05) is 0 Å². The van der Waals surface area contributed by atoms with Gasteiger partial charge in [-0.05, 0) is 0 Å². The van der Waals surface area contributed by atoms with Crippen LogP contribution in [0.1, 0.15) is 0 Å². The van der Waals surface area contributed by atoms with Gasteiger partial charge in [-0.1, -0.05) is 0 Å². The lowest BCUT2D eigenvalue weighted by Crippen LogP contribution is -1.91. The lowest BCUT2D eigenvalue weighted by Gasteiger charge is -1.96. The van der Waals surface area contributed by atoms with E-state index in [0.29, 0.717) is 17.1 Å². The minimum Gasteiger partial charge on any atom is -0.402 e. The van der Waals surface area contributed by atoms with Crippen molar-refractivity contribution >= 4 is 22.7 Å². The monoisotopic (exact) mass is 134 g/mol. The minimum atomic E-state index is 0.423. The zero-order valence-corrected chi connectivity index (χ0v) is 4.83. The summed E-state index contributed by atoms with van der Waals surface area (Å²) in [5, 5.41) is 0. The van der Waals surface area contributed by atoms with Crippen LogP contribution < -0.4 is 0 Å². The Morgan fingerprint density at radius 1 is 1.40 bits per heavy atom. The van der Waals surface area contributed by atoms with Crippen molar-refractivity contribution in [3.63, 3.8) is 0 Å².